The van der Waals surface area contributed by atoms with Gasteiger partial charge in [-0.15, -0.1) is 0 Å². The first-order valence-electron chi connectivity index (χ1n) is 19.6. The van der Waals surface area contributed by atoms with E-state index in [0.717, 1.165) is 4.90 Å². The van der Waals surface area contributed by atoms with Crippen molar-refractivity contribution in [3.05, 3.63) is 47.7 Å². The Morgan fingerprint density at radius 2 is 1.75 bits per heavy atom. The van der Waals surface area contributed by atoms with Gasteiger partial charge in [-0.1, -0.05) is 43.2 Å². The van der Waals surface area contributed by atoms with E-state index in [-0.39, 0.29) is 52.9 Å². The Bertz CT molecular complexity index is 2290. The minimum atomic E-state index is -4.86. The Hall–Kier alpha value is -4.62. The SMILES string of the molecule is Cc1nc2ccccc2c2c1O[C@@]1(C[C@H]3C(=O)N[C@]4(C(=O)NS(=O)(=O)C5(C)CC5)C[C@H]4/C=C\CCCCC[C@H](N(C(=O)O)C4CC(F)(F)C4(F)F)C(=O)N3C1)CC2(F)F. The second-order valence-electron chi connectivity index (χ2n) is 17.2. The molecule has 3 N–H and O–H groups in total. The molecule has 1 saturated heterocycles. The van der Waals surface area contributed by atoms with Gasteiger partial charge >= 0.3 is 17.9 Å². The van der Waals surface area contributed by atoms with Crippen LogP contribution in [0.2, 0.25) is 0 Å². The highest BCUT2D eigenvalue weighted by Crippen LogP contribution is 2.56. The lowest BCUT2D eigenvalue weighted by Gasteiger charge is -2.50. The van der Waals surface area contributed by atoms with Gasteiger partial charge in [-0.25, -0.2) is 27.0 Å². The lowest BCUT2D eigenvalue weighted by Crippen LogP contribution is -2.72. The third-order valence-corrected chi connectivity index (χ3v) is 15.2. The Balaban J connectivity index is 1.21. The number of halogens is 6. The first-order valence-corrected chi connectivity index (χ1v) is 21.1. The highest BCUT2D eigenvalue weighted by molar-refractivity contribution is 7.91. The van der Waals surface area contributed by atoms with Crippen LogP contribution in [0.4, 0.5) is 31.1 Å². The van der Waals surface area contributed by atoms with E-state index in [1.807, 2.05) is 0 Å². The van der Waals surface area contributed by atoms with E-state index in [1.54, 1.807) is 18.2 Å². The first-order chi connectivity index (χ1) is 27.5. The number of benzene rings is 1. The molecule has 4 amide bonds. The number of aryl methyl sites for hydroxylation is 1. The standard InChI is InChI=1S/C39H43F6N5O8S/c1-21-29-28(23-11-8-9-12-24(23)46-21)37(40,41)19-35(58-29)17-26-30(51)47-36(32(53)48-59(56,57)34(2)14-15-34)16-22(36)10-6-4-3-5-7-13-25(31(52)49(26)20-35)50(33(54)55)27-18-38(42,43)39(27,44)45/h6,8-12,22,25-27H,3-5,7,13-20H2,1-2H3,(H,47,51)(H,48,53)(H,54,55)/b10-6-/t22-,25+,26+,27?,35+,36-/m1/s1. The molecule has 1 aromatic heterocycles. The summed E-state index contributed by atoms with van der Waals surface area (Å²) in [7, 11) is -4.21. The number of para-hydroxylation sites is 1. The third-order valence-electron chi connectivity index (χ3n) is 13.1. The summed E-state index contributed by atoms with van der Waals surface area (Å²) in [5.41, 5.74) is -4.13. The summed E-state index contributed by atoms with van der Waals surface area (Å²) in [6, 6.07) is -0.382. The van der Waals surface area contributed by atoms with Gasteiger partial charge in [-0.05, 0) is 58.4 Å². The zero-order valence-electron chi connectivity index (χ0n) is 32.1. The van der Waals surface area contributed by atoms with Gasteiger partial charge < -0.3 is 20.1 Å². The van der Waals surface area contributed by atoms with Crippen LogP contribution in [0.25, 0.3) is 10.9 Å². The van der Waals surface area contributed by atoms with Crippen LogP contribution in [0.3, 0.4) is 0 Å². The molecule has 1 aromatic carbocycles. The largest absolute Gasteiger partial charge is 0.483 e. The number of ether oxygens (including phenoxy) is 1. The van der Waals surface area contributed by atoms with Gasteiger partial charge in [0.1, 0.15) is 29.3 Å². The summed E-state index contributed by atoms with van der Waals surface area (Å²) in [5, 5.41) is 12.9. The van der Waals surface area contributed by atoms with Crippen molar-refractivity contribution in [1.82, 2.24) is 24.8 Å². The van der Waals surface area contributed by atoms with Crippen LogP contribution in [0.15, 0.2) is 36.4 Å². The van der Waals surface area contributed by atoms with Gasteiger partial charge in [0.15, 0.2) is 5.75 Å². The van der Waals surface area contributed by atoms with Crippen molar-refractivity contribution in [2.24, 2.45) is 5.92 Å². The van der Waals surface area contributed by atoms with E-state index in [9.17, 15) is 50.3 Å². The van der Waals surface area contributed by atoms with Gasteiger partial charge in [0.2, 0.25) is 21.8 Å². The Labute approximate surface area is 334 Å². The number of nitrogens with zero attached hydrogens (tertiary/aromatic N) is 3. The molecule has 8 rings (SSSR count). The molecule has 4 fully saturated rings. The number of alkyl halides is 6. The molecule has 13 nitrogen and oxygen atoms in total. The summed E-state index contributed by atoms with van der Waals surface area (Å²) in [6.07, 6.45) is -0.899. The number of rotatable bonds is 5. The fourth-order valence-electron chi connectivity index (χ4n) is 9.22. The average Bonchev–Trinajstić information content (AvgIpc) is 4.04. The van der Waals surface area contributed by atoms with Crippen LogP contribution in [-0.4, -0.2) is 105 Å². The van der Waals surface area contributed by atoms with E-state index in [1.165, 1.54) is 32.0 Å². The molecular weight excluding hydrogens is 813 g/mol. The van der Waals surface area contributed by atoms with Crippen molar-refractivity contribution in [3.8, 4) is 5.75 Å². The average molecular weight is 856 g/mol. The quantitative estimate of drug-likeness (QED) is 0.258. The van der Waals surface area contributed by atoms with Crippen LogP contribution in [0.5, 0.6) is 5.75 Å². The molecule has 6 atom stereocenters. The van der Waals surface area contributed by atoms with Crippen molar-refractivity contribution in [3.63, 3.8) is 0 Å². The Morgan fingerprint density at radius 3 is 2.41 bits per heavy atom. The maximum absolute atomic E-state index is 16.7. The normalized spacial score (nSPS) is 33.4. The predicted molar refractivity (Wildman–Crippen MR) is 196 cm³/mol. The van der Waals surface area contributed by atoms with E-state index in [0.29, 0.717) is 19.3 Å². The molecular formula is C39H43F6N5O8S. The number of pyridine rings is 1. The van der Waals surface area contributed by atoms with Crippen molar-refractivity contribution >= 4 is 44.7 Å². The van der Waals surface area contributed by atoms with Gasteiger partial charge in [0.05, 0.1) is 34.5 Å². The van der Waals surface area contributed by atoms with Crippen LogP contribution in [-0.2, 0) is 30.3 Å². The second-order valence-corrected chi connectivity index (χ2v) is 19.4. The predicted octanol–water partition coefficient (Wildman–Crippen LogP) is 5.54. The number of carbonyl (C=O) groups is 4. The summed E-state index contributed by atoms with van der Waals surface area (Å²) < 4.78 is 125. The van der Waals surface area contributed by atoms with Gasteiger partial charge in [0, 0.05) is 24.1 Å². The number of hydrogen-bond acceptors (Lipinski definition) is 8. The molecule has 3 aliphatic carbocycles. The number of nitrogens with one attached hydrogen (secondary N) is 2. The molecule has 59 heavy (non-hydrogen) atoms. The summed E-state index contributed by atoms with van der Waals surface area (Å²) in [4.78, 5) is 61.2. The first kappa shape index (κ1) is 41.1. The fraction of sp³-hybridized carbons (Fsp3) is 0.615. The minimum Gasteiger partial charge on any atom is -0.483 e. The summed E-state index contributed by atoms with van der Waals surface area (Å²) in [6.45, 7) is 2.08. The molecule has 3 saturated carbocycles. The van der Waals surface area contributed by atoms with Crippen molar-refractivity contribution in [2.75, 3.05) is 6.54 Å². The number of hydrogen-bond donors (Lipinski definition) is 3. The maximum Gasteiger partial charge on any atom is 0.408 e. The van der Waals surface area contributed by atoms with Crippen LogP contribution in [0.1, 0.15) is 88.8 Å². The number of amides is 4. The van der Waals surface area contributed by atoms with Gasteiger partial charge in [-0.3, -0.25) is 24.0 Å². The third kappa shape index (κ3) is 6.58. The zero-order chi connectivity index (χ0) is 42.7. The fourth-order valence-corrected chi connectivity index (χ4v) is 10.5. The molecule has 6 aliphatic rings. The van der Waals surface area contributed by atoms with Crippen LogP contribution >= 0.6 is 0 Å². The number of carboxylic acid groups (broad SMARTS) is 1. The highest BCUT2D eigenvalue weighted by Gasteiger charge is 2.75. The molecule has 0 radical (unpaired) electrons. The number of fused-ring (bicyclic) bond motifs is 5. The molecule has 1 spiro atoms. The van der Waals surface area contributed by atoms with E-state index in [4.69, 9.17) is 4.74 Å². The number of allylic oxidation sites excluding steroid dienone is 1. The van der Waals surface area contributed by atoms with E-state index >= 15 is 8.78 Å². The smallest absolute Gasteiger partial charge is 0.408 e. The lowest BCUT2D eigenvalue weighted by molar-refractivity contribution is -0.312. The maximum atomic E-state index is 16.7. The lowest BCUT2D eigenvalue weighted by atomic mass is 9.80. The van der Waals surface area contributed by atoms with Gasteiger partial charge in [0.25, 0.3) is 11.8 Å². The zero-order valence-corrected chi connectivity index (χ0v) is 32.9. The Morgan fingerprint density at radius 1 is 1.03 bits per heavy atom. The molecule has 1 unspecified atom stereocenters. The molecule has 2 aromatic rings. The summed E-state index contributed by atoms with van der Waals surface area (Å²) in [5.74, 6) is -17.6. The number of sulfonamides is 1. The van der Waals surface area contributed by atoms with Crippen LogP contribution < -0.4 is 14.8 Å². The van der Waals surface area contributed by atoms with E-state index in [2.05, 4.69) is 15.0 Å². The highest BCUT2D eigenvalue weighted by atomic mass is 32.2. The minimum absolute atomic E-state index is 0.0152. The monoisotopic (exact) mass is 855 g/mol. The van der Waals surface area contributed by atoms with Crippen molar-refractivity contribution in [1.29, 1.82) is 0 Å². The molecule has 320 valence electrons. The van der Waals surface area contributed by atoms with Crippen molar-refractivity contribution in [2.45, 2.75) is 136 Å². The molecule has 0 bridgehead atoms. The molecule has 3 aliphatic heterocycles. The van der Waals surface area contributed by atoms with E-state index < -0.39 is 129 Å². The Kier molecular flexibility index (Phi) is 9.37. The number of carbonyl (C=O) groups excluding carboxylic acids is 3. The second kappa shape index (κ2) is 13.4. The number of aromatic nitrogens is 1. The molecule has 20 heteroatoms. The summed E-state index contributed by atoms with van der Waals surface area (Å²) >= 11 is 0. The van der Waals surface area contributed by atoms with Crippen LogP contribution in [0, 0.1) is 12.8 Å². The topological polar surface area (TPSA) is 175 Å². The van der Waals surface area contributed by atoms with Gasteiger partial charge in [-0.2, -0.15) is 17.6 Å². The molecule has 4 heterocycles. The van der Waals surface area contributed by atoms with Crippen molar-refractivity contribution < 1.29 is 63.8 Å².